The fourth-order valence-corrected chi connectivity index (χ4v) is 3.16. The van der Waals surface area contributed by atoms with E-state index in [2.05, 4.69) is 9.88 Å². The first-order chi connectivity index (χ1) is 9.98. The first-order valence-corrected chi connectivity index (χ1v) is 7.83. The Labute approximate surface area is 126 Å². The van der Waals surface area contributed by atoms with Crippen LogP contribution in [-0.4, -0.2) is 46.1 Å². The molecule has 0 radical (unpaired) electrons. The molecule has 1 aliphatic rings. The third-order valence-electron chi connectivity index (χ3n) is 4.54. The molecule has 2 heterocycles. The third kappa shape index (κ3) is 3.46. The topological polar surface area (TPSA) is 39.3 Å². The van der Waals surface area contributed by atoms with Crippen molar-refractivity contribution >= 4 is 5.91 Å². The highest BCUT2D eigenvalue weighted by Crippen LogP contribution is 2.33. The number of aromatic nitrogens is 1. The molecular formula is C16H26FN3O. The number of halogens is 1. The summed E-state index contributed by atoms with van der Waals surface area (Å²) in [6.07, 6.45) is 2.98. The summed E-state index contributed by atoms with van der Waals surface area (Å²) in [5.74, 6) is -1.82. The summed E-state index contributed by atoms with van der Waals surface area (Å²) >= 11 is 0. The molecule has 1 N–H and O–H groups in total. The highest BCUT2D eigenvalue weighted by atomic mass is 19.1. The molecular weight excluding hydrogens is 269 g/mol. The van der Waals surface area contributed by atoms with Gasteiger partial charge in [0, 0.05) is 50.4 Å². The molecule has 0 bridgehead atoms. The first kappa shape index (κ1) is 16.0. The van der Waals surface area contributed by atoms with E-state index in [9.17, 15) is 4.79 Å². The Kier molecular flexibility index (Phi) is 5.04. The minimum Gasteiger partial charge on any atom is -0.364 e. The van der Waals surface area contributed by atoms with Gasteiger partial charge in [0.1, 0.15) is 0 Å². The second kappa shape index (κ2) is 6.60. The van der Waals surface area contributed by atoms with E-state index < -0.39 is 5.79 Å². The molecule has 1 fully saturated rings. The zero-order valence-electron chi connectivity index (χ0n) is 13.2. The standard InChI is InChI=1S/C16H26FN3O/c1-4-13-11-19(12-14-7-6-8-18-14)9-10-20(15(21)5-2)16(13,3)17/h6-8,13,18H,4-5,9-12H2,1-3H3/t13-,16?/m1/s1. The maximum absolute atomic E-state index is 15.2. The molecule has 2 atom stereocenters. The molecule has 1 aliphatic heterocycles. The summed E-state index contributed by atoms with van der Waals surface area (Å²) in [4.78, 5) is 18.9. The number of hydrogen-bond acceptors (Lipinski definition) is 2. The van der Waals surface area contributed by atoms with E-state index in [-0.39, 0.29) is 11.8 Å². The number of hydrogen-bond donors (Lipinski definition) is 1. The predicted molar refractivity (Wildman–Crippen MR) is 81.4 cm³/mol. The Hall–Kier alpha value is -1.36. The van der Waals surface area contributed by atoms with Gasteiger partial charge < -0.3 is 9.88 Å². The molecule has 21 heavy (non-hydrogen) atoms. The monoisotopic (exact) mass is 295 g/mol. The number of nitrogens with one attached hydrogen (secondary N) is 1. The number of carbonyl (C=O) groups excluding carboxylic acids is 1. The fraction of sp³-hybridized carbons (Fsp3) is 0.688. The number of H-pyrrole nitrogens is 1. The van der Waals surface area contributed by atoms with Crippen LogP contribution in [0.1, 0.15) is 39.3 Å². The van der Waals surface area contributed by atoms with Crippen LogP contribution in [0.5, 0.6) is 0 Å². The van der Waals surface area contributed by atoms with Gasteiger partial charge in [-0.2, -0.15) is 0 Å². The number of alkyl halides is 1. The Morgan fingerprint density at radius 3 is 2.81 bits per heavy atom. The largest absolute Gasteiger partial charge is 0.364 e. The highest BCUT2D eigenvalue weighted by molar-refractivity contribution is 5.76. The van der Waals surface area contributed by atoms with E-state index in [1.54, 1.807) is 13.8 Å². The van der Waals surface area contributed by atoms with Crippen molar-refractivity contribution in [3.8, 4) is 0 Å². The van der Waals surface area contributed by atoms with Crippen LogP contribution in [0.4, 0.5) is 4.39 Å². The van der Waals surface area contributed by atoms with Crippen LogP contribution in [0.25, 0.3) is 0 Å². The van der Waals surface area contributed by atoms with Crippen LogP contribution in [0.15, 0.2) is 18.3 Å². The number of nitrogens with zero attached hydrogens (tertiary/aromatic N) is 2. The van der Waals surface area contributed by atoms with Crippen LogP contribution in [-0.2, 0) is 11.3 Å². The van der Waals surface area contributed by atoms with Gasteiger partial charge in [-0.1, -0.05) is 13.8 Å². The SMILES string of the molecule is CCC(=O)N1CCN(Cc2ccc[nH]2)C[C@@H](CC)C1(C)F. The van der Waals surface area contributed by atoms with Gasteiger partial charge in [-0.15, -0.1) is 0 Å². The lowest BCUT2D eigenvalue weighted by atomic mass is 9.94. The van der Waals surface area contributed by atoms with Crippen molar-refractivity contribution in [3.05, 3.63) is 24.0 Å². The summed E-state index contributed by atoms with van der Waals surface area (Å²) in [6, 6.07) is 4.01. The summed E-state index contributed by atoms with van der Waals surface area (Å²) in [5, 5.41) is 0. The second-order valence-electron chi connectivity index (χ2n) is 5.96. The maximum atomic E-state index is 15.2. The molecule has 118 valence electrons. The smallest absolute Gasteiger partial charge is 0.224 e. The fourth-order valence-electron chi connectivity index (χ4n) is 3.16. The molecule has 1 saturated heterocycles. The van der Waals surface area contributed by atoms with Crippen molar-refractivity contribution in [1.82, 2.24) is 14.8 Å². The predicted octanol–water partition coefficient (Wildman–Crippen LogP) is 2.78. The molecule has 0 spiro atoms. The van der Waals surface area contributed by atoms with Crippen LogP contribution >= 0.6 is 0 Å². The Balaban J connectivity index is 2.15. The average Bonchev–Trinajstić information content (AvgIpc) is 2.91. The van der Waals surface area contributed by atoms with Crippen molar-refractivity contribution < 1.29 is 9.18 Å². The quantitative estimate of drug-likeness (QED) is 0.868. The minimum atomic E-state index is -1.56. The van der Waals surface area contributed by atoms with Gasteiger partial charge in [0.15, 0.2) is 5.79 Å². The molecule has 5 heteroatoms. The Bertz CT molecular complexity index is 458. The summed E-state index contributed by atoms with van der Waals surface area (Å²) in [7, 11) is 0. The lowest BCUT2D eigenvalue weighted by Gasteiger charge is -2.38. The molecule has 4 nitrogen and oxygen atoms in total. The van der Waals surface area contributed by atoms with E-state index in [1.165, 1.54) is 4.90 Å². The van der Waals surface area contributed by atoms with Gasteiger partial charge in [-0.25, -0.2) is 4.39 Å². The van der Waals surface area contributed by atoms with Crippen molar-refractivity contribution in [1.29, 1.82) is 0 Å². The van der Waals surface area contributed by atoms with Crippen LogP contribution in [0.3, 0.4) is 0 Å². The van der Waals surface area contributed by atoms with Gasteiger partial charge in [0.2, 0.25) is 5.91 Å². The Morgan fingerprint density at radius 1 is 1.48 bits per heavy atom. The van der Waals surface area contributed by atoms with Gasteiger partial charge >= 0.3 is 0 Å². The van der Waals surface area contributed by atoms with Crippen molar-refractivity contribution in [2.45, 2.75) is 46.0 Å². The van der Waals surface area contributed by atoms with E-state index in [4.69, 9.17) is 0 Å². The summed E-state index contributed by atoms with van der Waals surface area (Å²) < 4.78 is 15.2. The van der Waals surface area contributed by atoms with Gasteiger partial charge in [-0.3, -0.25) is 9.69 Å². The molecule has 2 rings (SSSR count). The molecule has 0 aromatic carbocycles. The average molecular weight is 295 g/mol. The summed E-state index contributed by atoms with van der Waals surface area (Å²) in [5.41, 5.74) is 1.13. The Morgan fingerprint density at radius 2 is 2.24 bits per heavy atom. The van der Waals surface area contributed by atoms with E-state index in [0.29, 0.717) is 26.1 Å². The molecule has 0 aliphatic carbocycles. The van der Waals surface area contributed by atoms with Gasteiger partial charge in [0.05, 0.1) is 0 Å². The van der Waals surface area contributed by atoms with Crippen LogP contribution < -0.4 is 0 Å². The van der Waals surface area contributed by atoms with E-state index >= 15 is 4.39 Å². The van der Waals surface area contributed by atoms with Crippen molar-refractivity contribution in [2.24, 2.45) is 5.92 Å². The third-order valence-corrected chi connectivity index (χ3v) is 4.54. The van der Waals surface area contributed by atoms with E-state index in [1.807, 2.05) is 25.3 Å². The van der Waals surface area contributed by atoms with Crippen LogP contribution in [0.2, 0.25) is 0 Å². The molecule has 0 saturated carbocycles. The normalized spacial score (nSPS) is 27.6. The zero-order chi connectivity index (χ0) is 15.5. The summed E-state index contributed by atoms with van der Waals surface area (Å²) in [6.45, 7) is 7.96. The van der Waals surface area contributed by atoms with Crippen molar-refractivity contribution in [2.75, 3.05) is 19.6 Å². The first-order valence-electron chi connectivity index (χ1n) is 7.83. The molecule has 1 unspecified atom stereocenters. The maximum Gasteiger partial charge on any atom is 0.224 e. The highest BCUT2D eigenvalue weighted by Gasteiger charge is 2.44. The molecule has 1 aromatic heterocycles. The second-order valence-corrected chi connectivity index (χ2v) is 5.96. The number of amides is 1. The van der Waals surface area contributed by atoms with Crippen molar-refractivity contribution in [3.63, 3.8) is 0 Å². The number of rotatable bonds is 4. The zero-order valence-corrected chi connectivity index (χ0v) is 13.2. The number of carbonyl (C=O) groups is 1. The van der Waals surface area contributed by atoms with Crippen LogP contribution in [0, 0.1) is 5.92 Å². The lowest BCUT2D eigenvalue weighted by Crippen LogP contribution is -2.51. The lowest BCUT2D eigenvalue weighted by molar-refractivity contribution is -0.149. The van der Waals surface area contributed by atoms with Gasteiger partial charge in [0.25, 0.3) is 0 Å². The number of aromatic amines is 1. The molecule has 1 aromatic rings. The van der Waals surface area contributed by atoms with Gasteiger partial charge in [-0.05, 0) is 25.5 Å². The van der Waals surface area contributed by atoms with E-state index in [0.717, 1.165) is 18.7 Å². The molecule has 1 amide bonds. The minimum absolute atomic E-state index is 0.0971.